The lowest BCUT2D eigenvalue weighted by Crippen LogP contribution is -2.44. The van der Waals surface area contributed by atoms with Gasteiger partial charge in [0.15, 0.2) is 0 Å². The van der Waals surface area contributed by atoms with E-state index in [1.807, 2.05) is 12.1 Å². The zero-order valence-corrected chi connectivity index (χ0v) is 18.5. The van der Waals surface area contributed by atoms with Crippen molar-refractivity contribution < 1.29 is 18.8 Å². The summed E-state index contributed by atoms with van der Waals surface area (Å²) >= 11 is 0. The number of aromatic nitrogens is 1. The molecule has 1 fully saturated rings. The molecule has 32 heavy (non-hydrogen) atoms. The number of halogens is 1. The molecule has 0 saturated carbocycles. The number of hydrogen-bond donors (Lipinski definition) is 1. The third kappa shape index (κ3) is 6.35. The molecule has 0 spiro atoms. The Morgan fingerprint density at radius 3 is 2.66 bits per heavy atom. The third-order valence-electron chi connectivity index (χ3n) is 5.76. The summed E-state index contributed by atoms with van der Waals surface area (Å²) in [5.41, 5.74) is 1.30. The number of amides is 3. The lowest BCUT2D eigenvalue weighted by atomic mass is 9.95. The normalized spacial score (nSPS) is 19.5. The number of nitrogens with zero attached hydrogens (tertiary/aromatic N) is 3. The average Bonchev–Trinajstić information content (AvgIpc) is 2.84. The van der Waals surface area contributed by atoms with E-state index in [0.29, 0.717) is 37.9 Å². The van der Waals surface area contributed by atoms with Crippen LogP contribution in [0.3, 0.4) is 0 Å². The van der Waals surface area contributed by atoms with Gasteiger partial charge in [-0.15, -0.1) is 0 Å². The van der Waals surface area contributed by atoms with Crippen LogP contribution in [0.15, 0.2) is 48.8 Å². The van der Waals surface area contributed by atoms with Crippen molar-refractivity contribution in [1.29, 1.82) is 0 Å². The van der Waals surface area contributed by atoms with E-state index in [2.05, 4.69) is 10.3 Å². The van der Waals surface area contributed by atoms with Gasteiger partial charge in [0.25, 0.3) is 5.91 Å². The fraction of sp³-hybridized carbons (Fsp3) is 0.417. The van der Waals surface area contributed by atoms with E-state index in [-0.39, 0.29) is 30.2 Å². The molecule has 2 unspecified atom stereocenters. The maximum Gasteiger partial charge on any atom is 0.251 e. The summed E-state index contributed by atoms with van der Waals surface area (Å²) in [6.07, 6.45) is 5.46. The summed E-state index contributed by atoms with van der Waals surface area (Å²) in [7, 11) is 3.42. The zero-order chi connectivity index (χ0) is 23.1. The molecule has 1 saturated heterocycles. The second-order valence-corrected chi connectivity index (χ2v) is 8.34. The Hall–Kier alpha value is -3.29. The highest BCUT2D eigenvalue weighted by molar-refractivity contribution is 5.94. The fourth-order valence-electron chi connectivity index (χ4n) is 3.96. The van der Waals surface area contributed by atoms with Gasteiger partial charge in [0, 0.05) is 63.5 Å². The Balaban J connectivity index is 1.62. The van der Waals surface area contributed by atoms with Crippen LogP contribution >= 0.6 is 0 Å². The number of benzene rings is 1. The second-order valence-electron chi connectivity index (χ2n) is 8.34. The molecule has 1 aromatic carbocycles. The van der Waals surface area contributed by atoms with Crippen LogP contribution in [0.2, 0.25) is 0 Å². The smallest absolute Gasteiger partial charge is 0.251 e. The minimum absolute atomic E-state index is 0.0654. The second kappa shape index (κ2) is 10.8. The van der Waals surface area contributed by atoms with Crippen LogP contribution in [0.1, 0.15) is 41.6 Å². The molecule has 0 bridgehead atoms. The Labute approximate surface area is 187 Å². The van der Waals surface area contributed by atoms with Crippen LogP contribution in [0, 0.1) is 11.7 Å². The molecule has 2 heterocycles. The first-order chi connectivity index (χ1) is 15.3. The zero-order valence-electron chi connectivity index (χ0n) is 18.5. The number of carbonyl (C=O) groups is 3. The predicted molar refractivity (Wildman–Crippen MR) is 118 cm³/mol. The number of nitrogens with one attached hydrogen (secondary N) is 1. The van der Waals surface area contributed by atoms with Crippen LogP contribution in [0.25, 0.3) is 0 Å². The molecule has 2 aromatic rings. The van der Waals surface area contributed by atoms with Crippen molar-refractivity contribution in [1.82, 2.24) is 20.1 Å². The summed E-state index contributed by atoms with van der Waals surface area (Å²) in [6, 6.07) is 8.84. The molecule has 170 valence electrons. The summed E-state index contributed by atoms with van der Waals surface area (Å²) in [6.45, 7) is 0.793. The highest BCUT2D eigenvalue weighted by atomic mass is 19.1. The van der Waals surface area contributed by atoms with Gasteiger partial charge in [0.05, 0.1) is 0 Å². The minimum atomic E-state index is -0.404. The number of carbonyl (C=O) groups excluding carboxylic acids is 3. The average molecular weight is 441 g/mol. The number of pyridine rings is 1. The van der Waals surface area contributed by atoms with Crippen LogP contribution < -0.4 is 5.32 Å². The Bertz CT molecular complexity index is 936. The minimum Gasteiger partial charge on any atom is -0.348 e. The Kier molecular flexibility index (Phi) is 7.92. The SMILES string of the molecule is CN1CC(NC(=O)c2ccc(F)cc2)CCCC(C(=O)N(C)Cc2cccnc2)CC1=O. The molecule has 1 aliphatic heterocycles. The summed E-state index contributed by atoms with van der Waals surface area (Å²) in [4.78, 5) is 45.6. The van der Waals surface area contributed by atoms with Crippen molar-refractivity contribution >= 4 is 17.7 Å². The van der Waals surface area contributed by atoms with Gasteiger partial charge in [0.2, 0.25) is 11.8 Å². The molecule has 3 rings (SSSR count). The van der Waals surface area contributed by atoms with Gasteiger partial charge in [-0.05, 0) is 48.7 Å². The standard InChI is InChI=1S/C24H29FN4O3/c1-28-16-21(27-23(31)18-8-10-20(25)11-9-18)7-3-6-19(13-22(28)30)24(32)29(2)15-17-5-4-12-26-14-17/h4-5,8-12,14,19,21H,3,6-7,13,15-16H2,1-2H3,(H,27,31). The van der Waals surface area contributed by atoms with E-state index in [1.165, 1.54) is 24.3 Å². The number of rotatable bonds is 5. The molecule has 8 heteroatoms. The van der Waals surface area contributed by atoms with Gasteiger partial charge >= 0.3 is 0 Å². The van der Waals surface area contributed by atoms with E-state index in [9.17, 15) is 18.8 Å². The van der Waals surface area contributed by atoms with E-state index >= 15 is 0 Å². The molecule has 0 radical (unpaired) electrons. The summed E-state index contributed by atoms with van der Waals surface area (Å²) in [5, 5.41) is 2.94. The third-order valence-corrected chi connectivity index (χ3v) is 5.76. The van der Waals surface area contributed by atoms with E-state index in [1.54, 1.807) is 36.3 Å². The van der Waals surface area contributed by atoms with Crippen LogP contribution in [-0.4, -0.2) is 59.2 Å². The molecule has 0 aliphatic carbocycles. The molecule has 2 atom stereocenters. The van der Waals surface area contributed by atoms with Gasteiger partial charge in [-0.3, -0.25) is 19.4 Å². The lowest BCUT2D eigenvalue weighted by molar-refractivity contribution is -0.140. The van der Waals surface area contributed by atoms with Crippen molar-refractivity contribution in [3.05, 3.63) is 65.7 Å². The molecular weight excluding hydrogens is 411 g/mol. The van der Waals surface area contributed by atoms with Crippen molar-refractivity contribution in [2.24, 2.45) is 5.92 Å². The van der Waals surface area contributed by atoms with E-state index < -0.39 is 11.7 Å². The number of likely N-dealkylation sites (N-methyl/N-ethyl adjacent to an activating group) is 1. The Morgan fingerprint density at radius 1 is 1.22 bits per heavy atom. The maximum atomic E-state index is 13.1. The van der Waals surface area contributed by atoms with Crippen LogP contribution in [-0.2, 0) is 16.1 Å². The molecule has 7 nitrogen and oxygen atoms in total. The number of hydrogen-bond acceptors (Lipinski definition) is 4. The van der Waals surface area contributed by atoms with Crippen molar-refractivity contribution in [3.63, 3.8) is 0 Å². The van der Waals surface area contributed by atoms with Gasteiger partial charge < -0.3 is 15.1 Å². The van der Waals surface area contributed by atoms with Gasteiger partial charge in [-0.2, -0.15) is 0 Å². The first kappa shape index (κ1) is 23.4. The lowest BCUT2D eigenvalue weighted by Gasteiger charge is -2.25. The van der Waals surface area contributed by atoms with Crippen LogP contribution in [0.4, 0.5) is 4.39 Å². The Morgan fingerprint density at radius 2 is 1.97 bits per heavy atom. The van der Waals surface area contributed by atoms with Gasteiger partial charge in [0.1, 0.15) is 5.82 Å². The highest BCUT2D eigenvalue weighted by Crippen LogP contribution is 2.21. The monoisotopic (exact) mass is 440 g/mol. The van der Waals surface area contributed by atoms with E-state index in [0.717, 1.165) is 5.56 Å². The highest BCUT2D eigenvalue weighted by Gasteiger charge is 2.29. The predicted octanol–water partition coefficient (Wildman–Crippen LogP) is 2.63. The fourth-order valence-corrected chi connectivity index (χ4v) is 3.96. The first-order valence-corrected chi connectivity index (χ1v) is 10.8. The first-order valence-electron chi connectivity index (χ1n) is 10.8. The van der Waals surface area contributed by atoms with Crippen molar-refractivity contribution in [2.45, 2.75) is 38.3 Å². The molecule has 1 aliphatic rings. The molecule has 1 aromatic heterocycles. The molecule has 1 N–H and O–H groups in total. The van der Waals surface area contributed by atoms with Gasteiger partial charge in [-0.25, -0.2) is 4.39 Å². The van der Waals surface area contributed by atoms with Crippen molar-refractivity contribution in [3.8, 4) is 0 Å². The largest absolute Gasteiger partial charge is 0.348 e. The van der Waals surface area contributed by atoms with Crippen LogP contribution in [0.5, 0.6) is 0 Å². The molecule has 3 amide bonds. The summed E-state index contributed by atoms with van der Waals surface area (Å²) < 4.78 is 13.1. The maximum absolute atomic E-state index is 13.1. The quantitative estimate of drug-likeness (QED) is 0.775. The molecular formula is C24H29FN4O3. The van der Waals surface area contributed by atoms with Crippen molar-refractivity contribution in [2.75, 3.05) is 20.6 Å². The topological polar surface area (TPSA) is 82.6 Å². The summed E-state index contributed by atoms with van der Waals surface area (Å²) in [5.74, 6) is -1.30. The van der Waals surface area contributed by atoms with E-state index in [4.69, 9.17) is 0 Å². The van der Waals surface area contributed by atoms with Gasteiger partial charge in [-0.1, -0.05) is 12.5 Å².